The summed E-state index contributed by atoms with van der Waals surface area (Å²) in [7, 11) is -3.67. The van der Waals surface area contributed by atoms with Gasteiger partial charge < -0.3 is 15.3 Å². The van der Waals surface area contributed by atoms with Crippen LogP contribution in [-0.4, -0.2) is 56.2 Å². The Kier molecular flexibility index (Phi) is 5.99. The first-order chi connectivity index (χ1) is 8.18. The van der Waals surface area contributed by atoms with E-state index in [-0.39, 0.29) is 5.92 Å². The van der Waals surface area contributed by atoms with E-state index in [1.807, 2.05) is 13.8 Å². The first-order valence-corrected chi connectivity index (χ1v) is 10.4. The molecule has 4 nitrogen and oxygen atoms in total. The van der Waals surface area contributed by atoms with Crippen molar-refractivity contribution >= 4 is 15.4 Å². The van der Waals surface area contributed by atoms with E-state index < -0.39 is 32.9 Å². The molecule has 0 aromatic carbocycles. The fourth-order valence-electron chi connectivity index (χ4n) is 2.52. The van der Waals surface area contributed by atoms with Gasteiger partial charge in [-0.2, -0.15) is 0 Å². The molecule has 4 N–H and O–H groups in total. The van der Waals surface area contributed by atoms with Gasteiger partial charge in [-0.25, -0.2) is 4.89 Å². The number of hydrogen-bond donors (Lipinski definition) is 4. The molecule has 5 atom stereocenters. The summed E-state index contributed by atoms with van der Waals surface area (Å²) in [6, 6.07) is 0. The van der Waals surface area contributed by atoms with Crippen LogP contribution in [-0.2, 0) is 0 Å². The van der Waals surface area contributed by atoms with E-state index in [0.717, 1.165) is 6.16 Å². The van der Waals surface area contributed by atoms with Crippen molar-refractivity contribution in [1.82, 2.24) is 0 Å². The van der Waals surface area contributed by atoms with Gasteiger partial charge in [0.15, 0.2) is 5.85 Å². The third-order valence-corrected chi connectivity index (χ3v) is 10.6. The van der Waals surface area contributed by atoms with Gasteiger partial charge in [0.2, 0.25) is 13.3 Å². The SMILES string of the molecule is CC(C)CP1CC(O)[P+](O)(CC(C)C)C(O)C1O. The number of aliphatic hydroxyl groups is 3. The number of aliphatic hydroxyl groups excluding tert-OH is 3. The highest BCUT2D eigenvalue weighted by atomic mass is 31.2. The lowest BCUT2D eigenvalue weighted by Crippen LogP contribution is -2.42. The average Bonchev–Trinajstić information content (AvgIpc) is 2.22. The molecular weight excluding hydrogens is 270 g/mol. The summed E-state index contributed by atoms with van der Waals surface area (Å²) in [5.41, 5.74) is 0. The topological polar surface area (TPSA) is 80.9 Å². The van der Waals surface area contributed by atoms with Gasteiger partial charge in [-0.05, 0) is 18.0 Å². The molecule has 18 heavy (non-hydrogen) atoms. The summed E-state index contributed by atoms with van der Waals surface area (Å²) in [6.45, 7) is 8.04. The van der Waals surface area contributed by atoms with Crippen LogP contribution < -0.4 is 0 Å². The highest BCUT2D eigenvalue weighted by molar-refractivity contribution is 7.75. The van der Waals surface area contributed by atoms with E-state index in [1.54, 1.807) is 0 Å². The lowest BCUT2D eigenvalue weighted by Gasteiger charge is -2.41. The van der Waals surface area contributed by atoms with E-state index in [4.69, 9.17) is 0 Å². The van der Waals surface area contributed by atoms with Crippen molar-refractivity contribution in [3.05, 3.63) is 0 Å². The molecular formula is C12H27O4P2+. The summed E-state index contributed by atoms with van der Waals surface area (Å²) in [5.74, 6) is -2.17. The minimum absolute atomic E-state index is 0.203. The Morgan fingerprint density at radius 2 is 1.67 bits per heavy atom. The minimum Gasteiger partial charge on any atom is -0.382 e. The molecule has 5 unspecified atom stereocenters. The van der Waals surface area contributed by atoms with Crippen molar-refractivity contribution in [3.8, 4) is 0 Å². The van der Waals surface area contributed by atoms with Gasteiger partial charge in [0.05, 0.1) is 6.16 Å². The van der Waals surface area contributed by atoms with Crippen LogP contribution in [0, 0.1) is 11.8 Å². The smallest absolute Gasteiger partial charge is 0.223 e. The molecule has 1 rings (SSSR count). The molecule has 1 aliphatic heterocycles. The zero-order valence-electron chi connectivity index (χ0n) is 11.7. The Balaban J connectivity index is 2.82. The van der Waals surface area contributed by atoms with Crippen molar-refractivity contribution < 1.29 is 20.2 Å². The van der Waals surface area contributed by atoms with Crippen LogP contribution >= 0.6 is 15.4 Å². The predicted molar refractivity (Wildman–Crippen MR) is 78.4 cm³/mol. The summed E-state index contributed by atoms with van der Waals surface area (Å²) >= 11 is 0. The third-order valence-electron chi connectivity index (χ3n) is 3.27. The van der Waals surface area contributed by atoms with Crippen molar-refractivity contribution in [1.29, 1.82) is 0 Å². The van der Waals surface area contributed by atoms with E-state index in [1.165, 1.54) is 0 Å². The average molecular weight is 297 g/mol. The van der Waals surface area contributed by atoms with E-state index in [9.17, 15) is 20.2 Å². The van der Waals surface area contributed by atoms with Crippen LogP contribution in [0.4, 0.5) is 0 Å². The molecule has 0 aromatic rings. The van der Waals surface area contributed by atoms with Gasteiger partial charge in [-0.15, -0.1) is 0 Å². The van der Waals surface area contributed by atoms with Crippen LogP contribution in [0.5, 0.6) is 0 Å². The van der Waals surface area contributed by atoms with Gasteiger partial charge in [0, 0.05) is 6.16 Å². The second kappa shape index (κ2) is 6.43. The molecule has 0 aliphatic carbocycles. The van der Waals surface area contributed by atoms with Gasteiger partial charge in [0.1, 0.15) is 5.85 Å². The number of hydrogen-bond acceptors (Lipinski definition) is 4. The largest absolute Gasteiger partial charge is 0.382 e. The Hall–Kier alpha value is 0.700. The fourth-order valence-corrected chi connectivity index (χ4v) is 10.3. The Morgan fingerprint density at radius 1 is 1.11 bits per heavy atom. The first kappa shape index (κ1) is 16.8. The highest BCUT2D eigenvalue weighted by Gasteiger charge is 2.60. The lowest BCUT2D eigenvalue weighted by atomic mass is 10.3. The predicted octanol–water partition coefficient (Wildman–Crippen LogP) is 1.67. The maximum Gasteiger partial charge on any atom is 0.223 e. The van der Waals surface area contributed by atoms with Crippen LogP contribution in [0.3, 0.4) is 0 Å². The zero-order valence-corrected chi connectivity index (χ0v) is 13.5. The van der Waals surface area contributed by atoms with Crippen molar-refractivity contribution in [3.63, 3.8) is 0 Å². The summed E-state index contributed by atoms with van der Waals surface area (Å²) in [6.07, 6.45) is 1.70. The second-order valence-electron chi connectivity index (χ2n) is 6.12. The minimum atomic E-state index is -2.86. The standard InChI is InChI=1S/C12H27O4P2/c1-8(2)5-17-6-10(13)18(16,7-9(3)4)12(15)11(17)14/h8-16H,5-7H2,1-4H3/q+1. The molecule has 0 radical (unpaired) electrons. The van der Waals surface area contributed by atoms with Crippen molar-refractivity contribution in [2.45, 2.75) is 45.2 Å². The molecule has 0 spiro atoms. The van der Waals surface area contributed by atoms with Gasteiger partial charge in [-0.3, -0.25) is 0 Å². The van der Waals surface area contributed by atoms with Gasteiger partial charge >= 0.3 is 0 Å². The van der Waals surface area contributed by atoms with Crippen LogP contribution in [0.2, 0.25) is 0 Å². The van der Waals surface area contributed by atoms with Gasteiger partial charge in [-0.1, -0.05) is 35.6 Å². The molecule has 108 valence electrons. The molecule has 1 saturated heterocycles. The monoisotopic (exact) mass is 297 g/mol. The second-order valence-corrected chi connectivity index (χ2v) is 11.8. The third kappa shape index (κ3) is 3.62. The van der Waals surface area contributed by atoms with E-state index >= 15 is 0 Å². The summed E-state index contributed by atoms with van der Waals surface area (Å²) < 4.78 is 0. The van der Waals surface area contributed by atoms with Crippen molar-refractivity contribution in [2.24, 2.45) is 11.8 Å². The van der Waals surface area contributed by atoms with Gasteiger partial charge in [0.25, 0.3) is 0 Å². The Labute approximate surface area is 112 Å². The Bertz CT molecular complexity index is 275. The van der Waals surface area contributed by atoms with E-state index in [0.29, 0.717) is 18.2 Å². The molecule has 0 aromatic heterocycles. The summed E-state index contributed by atoms with van der Waals surface area (Å²) in [5, 5.41) is 30.6. The molecule has 1 aliphatic rings. The lowest BCUT2D eigenvalue weighted by molar-refractivity contribution is 0.103. The molecule has 0 saturated carbocycles. The molecule has 0 bridgehead atoms. The molecule has 0 amide bonds. The Morgan fingerprint density at radius 3 is 2.11 bits per heavy atom. The van der Waals surface area contributed by atoms with Crippen LogP contribution in [0.25, 0.3) is 0 Å². The molecule has 1 fully saturated rings. The van der Waals surface area contributed by atoms with E-state index in [2.05, 4.69) is 13.8 Å². The molecule has 1 heterocycles. The number of rotatable bonds is 4. The maximum absolute atomic E-state index is 10.6. The quantitative estimate of drug-likeness (QED) is 0.595. The highest BCUT2D eigenvalue weighted by Crippen LogP contribution is 2.72. The normalized spacial score (nSPS) is 41.7. The van der Waals surface area contributed by atoms with Crippen LogP contribution in [0.1, 0.15) is 27.7 Å². The summed E-state index contributed by atoms with van der Waals surface area (Å²) in [4.78, 5) is 10.6. The van der Waals surface area contributed by atoms with Crippen LogP contribution in [0.15, 0.2) is 0 Å². The first-order valence-electron chi connectivity index (χ1n) is 6.57. The van der Waals surface area contributed by atoms with Crippen molar-refractivity contribution in [2.75, 3.05) is 18.5 Å². The maximum atomic E-state index is 10.6. The molecule has 6 heteroatoms. The fraction of sp³-hybridized carbons (Fsp3) is 1.00. The zero-order chi connectivity index (χ0) is 14.1.